The summed E-state index contributed by atoms with van der Waals surface area (Å²) in [7, 11) is 0. The molecule has 296 valence electrons. The SMILES string of the molecule is O=c1nc(OCC2CCCO2)cc2n1CCc1cc(O)ccc1-2.O=c1nc(OCC2CCCO2)cc2n1CCc1cc(OCC3COc4ccccc4O3)ccc1-2. The molecule has 1 N–H and O–H groups in total. The van der Waals surface area contributed by atoms with Gasteiger partial charge in [-0.05, 0) is 98.2 Å². The molecule has 14 heteroatoms. The third kappa shape index (κ3) is 8.19. The number of para-hydroxylation sites is 2. The molecule has 0 aliphatic carbocycles. The first-order chi connectivity index (χ1) is 27.9. The topological polar surface area (TPSA) is 155 Å². The second kappa shape index (κ2) is 16.3. The van der Waals surface area contributed by atoms with Gasteiger partial charge in [0.05, 0.1) is 23.6 Å². The fourth-order valence-electron chi connectivity index (χ4n) is 7.86. The van der Waals surface area contributed by atoms with Gasteiger partial charge < -0.3 is 38.3 Å². The molecule has 5 aliphatic rings. The van der Waals surface area contributed by atoms with Gasteiger partial charge in [-0.15, -0.1) is 0 Å². The van der Waals surface area contributed by atoms with E-state index >= 15 is 0 Å². The summed E-state index contributed by atoms with van der Waals surface area (Å²) in [6.45, 7) is 4.31. The zero-order chi connectivity index (χ0) is 38.7. The van der Waals surface area contributed by atoms with Gasteiger partial charge in [0, 0.05) is 49.6 Å². The van der Waals surface area contributed by atoms with Crippen LogP contribution in [0.25, 0.3) is 22.5 Å². The number of phenolic OH excluding ortho intramolecular Hbond substituents is 1. The molecule has 0 radical (unpaired) electrons. The number of rotatable bonds is 9. The molecule has 14 nitrogen and oxygen atoms in total. The van der Waals surface area contributed by atoms with Crippen molar-refractivity contribution < 1.29 is 38.3 Å². The highest BCUT2D eigenvalue weighted by molar-refractivity contribution is 5.68. The van der Waals surface area contributed by atoms with Crippen molar-refractivity contribution in [2.75, 3.05) is 39.6 Å². The summed E-state index contributed by atoms with van der Waals surface area (Å²) >= 11 is 0. The first-order valence-corrected chi connectivity index (χ1v) is 19.6. The predicted octanol–water partition coefficient (Wildman–Crippen LogP) is 4.97. The Hall–Kier alpha value is -5.86. The van der Waals surface area contributed by atoms with Gasteiger partial charge in [-0.1, -0.05) is 12.1 Å². The Morgan fingerprint density at radius 2 is 1.25 bits per heavy atom. The van der Waals surface area contributed by atoms with Gasteiger partial charge in [0.2, 0.25) is 11.8 Å². The molecule has 0 amide bonds. The number of ether oxygens (including phenoxy) is 7. The molecular weight excluding hydrogens is 732 g/mol. The molecule has 3 aromatic carbocycles. The van der Waals surface area contributed by atoms with E-state index in [1.807, 2.05) is 54.6 Å². The van der Waals surface area contributed by atoms with Crippen LogP contribution in [0.4, 0.5) is 0 Å². The number of phenols is 1. The van der Waals surface area contributed by atoms with Gasteiger partial charge in [-0.25, -0.2) is 9.59 Å². The summed E-state index contributed by atoms with van der Waals surface area (Å²) in [5.74, 6) is 3.17. The van der Waals surface area contributed by atoms with Crippen molar-refractivity contribution in [1.29, 1.82) is 0 Å². The van der Waals surface area contributed by atoms with Gasteiger partial charge >= 0.3 is 11.4 Å². The Morgan fingerprint density at radius 3 is 1.86 bits per heavy atom. The molecule has 0 spiro atoms. The lowest BCUT2D eigenvalue weighted by atomic mass is 9.97. The van der Waals surface area contributed by atoms with Crippen molar-refractivity contribution in [1.82, 2.24) is 19.1 Å². The number of aromatic hydroxyl groups is 1. The second-order valence-corrected chi connectivity index (χ2v) is 14.7. The number of fused-ring (bicyclic) bond motifs is 7. The zero-order valence-electron chi connectivity index (χ0n) is 31.5. The molecule has 3 atom stereocenters. The molecule has 3 unspecified atom stereocenters. The molecule has 0 bridgehead atoms. The lowest BCUT2D eigenvalue weighted by Gasteiger charge is -2.27. The third-order valence-electron chi connectivity index (χ3n) is 10.8. The summed E-state index contributed by atoms with van der Waals surface area (Å²) in [6, 6.07) is 22.4. The Morgan fingerprint density at radius 1 is 0.667 bits per heavy atom. The largest absolute Gasteiger partial charge is 0.508 e. The van der Waals surface area contributed by atoms with Crippen LogP contribution in [0.15, 0.2) is 82.4 Å². The minimum absolute atomic E-state index is 0.0691. The van der Waals surface area contributed by atoms with Crippen LogP contribution in [-0.4, -0.2) is 82.2 Å². The smallest absolute Gasteiger partial charge is 0.351 e. The lowest BCUT2D eigenvalue weighted by molar-refractivity contribution is 0.0535. The fourth-order valence-corrected chi connectivity index (χ4v) is 7.86. The van der Waals surface area contributed by atoms with E-state index in [1.54, 1.807) is 27.3 Å². The van der Waals surface area contributed by atoms with Crippen molar-refractivity contribution >= 4 is 0 Å². The molecule has 0 saturated carbocycles. The number of nitrogens with zero attached hydrogens (tertiary/aromatic N) is 4. The van der Waals surface area contributed by atoms with E-state index in [0.717, 1.165) is 96.2 Å². The van der Waals surface area contributed by atoms with Gasteiger partial charge in [-0.2, -0.15) is 9.97 Å². The first-order valence-electron chi connectivity index (χ1n) is 19.6. The van der Waals surface area contributed by atoms with Crippen molar-refractivity contribution in [3.8, 4) is 57.3 Å². The van der Waals surface area contributed by atoms with Crippen LogP contribution in [0.5, 0.6) is 34.8 Å². The number of aryl methyl sites for hydroxylation is 2. The van der Waals surface area contributed by atoms with Gasteiger partial charge in [0.25, 0.3) is 0 Å². The summed E-state index contributed by atoms with van der Waals surface area (Å²) in [4.78, 5) is 33.0. The van der Waals surface area contributed by atoms with Crippen LogP contribution in [0.2, 0.25) is 0 Å². The van der Waals surface area contributed by atoms with Gasteiger partial charge in [-0.3, -0.25) is 9.13 Å². The molecule has 7 heterocycles. The maximum absolute atomic E-state index is 12.6. The maximum atomic E-state index is 12.6. The summed E-state index contributed by atoms with van der Waals surface area (Å²) in [6.07, 6.45) is 5.44. The molecule has 5 aromatic rings. The summed E-state index contributed by atoms with van der Waals surface area (Å²) in [5.41, 5.74) is 5.09. The van der Waals surface area contributed by atoms with Gasteiger partial charge in [0.15, 0.2) is 17.6 Å². The highest BCUT2D eigenvalue weighted by atomic mass is 16.6. The normalized spacial score (nSPS) is 19.9. The standard InChI is InChI=1S/C26H26N2O6.C17H18N2O4/c29-26-27-25(33-14-19-4-3-11-30-19)13-22-21-8-7-18(12-17(21)9-10-28(22)26)31-15-20-16-32-23-5-1-2-6-24(23)34-20;20-12-3-4-14-11(8-12)5-6-19-15(14)9-16(18-17(19)21)23-10-13-2-1-7-22-13/h1-2,5-8,12-13,19-20H,3-4,9-11,14-16H2;3-4,8-9,13,20H,1-2,5-7,10H2. The molecule has 2 aromatic heterocycles. The monoisotopic (exact) mass is 776 g/mol. The van der Waals surface area contributed by atoms with Crippen molar-refractivity contribution in [2.45, 2.75) is 69.9 Å². The van der Waals surface area contributed by atoms with Crippen LogP contribution in [0.1, 0.15) is 36.8 Å². The van der Waals surface area contributed by atoms with Crippen molar-refractivity contribution in [2.24, 2.45) is 0 Å². The zero-order valence-corrected chi connectivity index (χ0v) is 31.5. The predicted molar refractivity (Wildman–Crippen MR) is 208 cm³/mol. The Bertz CT molecular complexity index is 2370. The van der Waals surface area contributed by atoms with Gasteiger partial charge in [0.1, 0.15) is 37.9 Å². The van der Waals surface area contributed by atoms with Crippen LogP contribution in [-0.2, 0) is 35.4 Å². The van der Waals surface area contributed by atoms with E-state index in [9.17, 15) is 14.7 Å². The quantitative estimate of drug-likeness (QED) is 0.215. The first kappa shape index (κ1) is 36.8. The molecule has 2 fully saturated rings. The van der Waals surface area contributed by atoms with E-state index in [1.165, 1.54) is 0 Å². The fraction of sp³-hybridized carbons (Fsp3) is 0.395. The average molecular weight is 777 g/mol. The van der Waals surface area contributed by atoms with Crippen LogP contribution in [0, 0.1) is 0 Å². The van der Waals surface area contributed by atoms with Crippen molar-refractivity contribution in [3.63, 3.8) is 0 Å². The molecule has 2 saturated heterocycles. The van der Waals surface area contributed by atoms with E-state index in [4.69, 9.17) is 33.2 Å². The molecule has 5 aliphatic heterocycles. The lowest BCUT2D eigenvalue weighted by Crippen LogP contribution is -2.34. The van der Waals surface area contributed by atoms with Crippen molar-refractivity contribution in [3.05, 3.63) is 105 Å². The Balaban J connectivity index is 0.000000160. The second-order valence-electron chi connectivity index (χ2n) is 14.7. The highest BCUT2D eigenvalue weighted by Gasteiger charge is 2.25. The molecule has 57 heavy (non-hydrogen) atoms. The summed E-state index contributed by atoms with van der Waals surface area (Å²) < 4.78 is 43.7. The minimum atomic E-state index is -0.302. The number of hydrogen-bond donors (Lipinski definition) is 1. The number of benzene rings is 3. The Kier molecular flexibility index (Phi) is 10.5. The minimum Gasteiger partial charge on any atom is -0.508 e. The average Bonchev–Trinajstić information content (AvgIpc) is 3.97. The van der Waals surface area contributed by atoms with E-state index < -0.39 is 0 Å². The maximum Gasteiger partial charge on any atom is 0.351 e. The molecular formula is C43H44N4O10. The number of aromatic nitrogens is 4. The van der Waals surface area contributed by atoms with Crippen LogP contribution < -0.4 is 35.1 Å². The Labute approximate surface area is 328 Å². The number of hydrogen-bond acceptors (Lipinski definition) is 12. The van der Waals surface area contributed by atoms with E-state index in [0.29, 0.717) is 57.7 Å². The summed E-state index contributed by atoms with van der Waals surface area (Å²) in [5, 5.41) is 9.63. The van der Waals surface area contributed by atoms with Crippen LogP contribution in [0.3, 0.4) is 0 Å². The highest BCUT2D eigenvalue weighted by Crippen LogP contribution is 2.35. The van der Waals surface area contributed by atoms with Crippen LogP contribution >= 0.6 is 0 Å². The van der Waals surface area contributed by atoms with E-state index in [-0.39, 0.29) is 35.4 Å². The molecule has 10 rings (SSSR count). The third-order valence-corrected chi connectivity index (χ3v) is 10.8. The van der Waals surface area contributed by atoms with E-state index in [2.05, 4.69) is 9.97 Å².